The Morgan fingerprint density at radius 1 is 1.05 bits per heavy atom. The maximum absolute atomic E-state index is 11.6. The first kappa shape index (κ1) is 14.8. The molecule has 1 heterocycles. The maximum Gasteiger partial charge on any atom is 0.301 e. The molecule has 0 aliphatic carbocycles. The van der Waals surface area contributed by atoms with Gasteiger partial charge in [-0.3, -0.25) is 15.0 Å². The summed E-state index contributed by atoms with van der Waals surface area (Å²) in [6.45, 7) is 0.839. The molecule has 0 aliphatic heterocycles. The number of rotatable bonds is 7. The van der Waals surface area contributed by atoms with Crippen LogP contribution in [0.15, 0.2) is 53.1 Å². The van der Waals surface area contributed by atoms with Crippen LogP contribution in [0.2, 0.25) is 0 Å². The van der Waals surface area contributed by atoms with Crippen LogP contribution in [-0.2, 0) is 11.3 Å². The van der Waals surface area contributed by atoms with Gasteiger partial charge in [0.05, 0.1) is 6.26 Å². The summed E-state index contributed by atoms with van der Waals surface area (Å²) in [6.07, 6.45) is 1.69. The third-order valence-electron chi connectivity index (χ3n) is 2.76. The van der Waals surface area contributed by atoms with E-state index in [4.69, 9.17) is 4.42 Å². The van der Waals surface area contributed by atoms with E-state index in [0.29, 0.717) is 13.1 Å². The first-order valence-corrected chi connectivity index (χ1v) is 6.63. The van der Waals surface area contributed by atoms with Crippen molar-refractivity contribution in [2.45, 2.75) is 13.0 Å². The van der Waals surface area contributed by atoms with Crippen molar-refractivity contribution in [1.82, 2.24) is 16.2 Å². The molecular formula is C15H17N3O3. The number of benzene rings is 1. The third-order valence-corrected chi connectivity index (χ3v) is 2.76. The van der Waals surface area contributed by atoms with Gasteiger partial charge in [0.2, 0.25) is 5.91 Å². The lowest BCUT2D eigenvalue weighted by Crippen LogP contribution is -2.39. The molecule has 2 amide bonds. The summed E-state index contributed by atoms with van der Waals surface area (Å²) in [4.78, 5) is 23.1. The summed E-state index contributed by atoms with van der Waals surface area (Å²) >= 11 is 0. The Morgan fingerprint density at radius 3 is 2.57 bits per heavy atom. The van der Waals surface area contributed by atoms with Gasteiger partial charge in [-0.1, -0.05) is 30.3 Å². The zero-order valence-electron chi connectivity index (χ0n) is 11.5. The molecule has 6 heteroatoms. The topological polar surface area (TPSA) is 83.4 Å². The minimum absolute atomic E-state index is 0.0846. The van der Waals surface area contributed by atoms with E-state index in [0.717, 1.165) is 5.56 Å². The highest BCUT2D eigenvalue weighted by molar-refractivity contribution is 5.90. The van der Waals surface area contributed by atoms with Crippen LogP contribution >= 0.6 is 0 Å². The molecule has 0 aliphatic rings. The number of hydrazine groups is 1. The standard InChI is InChI=1S/C15H17N3O3/c19-14(16-11-12-5-2-1-3-6-12)8-9-17-18-15(20)13-7-4-10-21-13/h1-7,10,17H,8-9,11H2,(H,16,19)(H,18,20). The van der Waals surface area contributed by atoms with E-state index in [2.05, 4.69) is 16.2 Å². The molecule has 2 aromatic rings. The van der Waals surface area contributed by atoms with E-state index in [1.807, 2.05) is 30.3 Å². The third kappa shape index (κ3) is 5.12. The van der Waals surface area contributed by atoms with E-state index in [1.54, 1.807) is 12.1 Å². The molecule has 0 bridgehead atoms. The second-order valence-electron chi connectivity index (χ2n) is 4.37. The van der Waals surface area contributed by atoms with Crippen LogP contribution in [0.1, 0.15) is 22.5 Å². The van der Waals surface area contributed by atoms with Crippen LogP contribution in [0.3, 0.4) is 0 Å². The zero-order chi connectivity index (χ0) is 14.9. The molecule has 0 saturated heterocycles. The molecule has 0 radical (unpaired) electrons. The second kappa shape index (κ2) is 7.86. The van der Waals surface area contributed by atoms with Crippen LogP contribution in [0, 0.1) is 0 Å². The van der Waals surface area contributed by atoms with E-state index >= 15 is 0 Å². The fraction of sp³-hybridized carbons (Fsp3) is 0.200. The molecule has 0 spiro atoms. The van der Waals surface area contributed by atoms with Crippen molar-refractivity contribution < 1.29 is 14.0 Å². The fourth-order valence-corrected chi connectivity index (χ4v) is 1.67. The summed E-state index contributed by atoms with van der Waals surface area (Å²) < 4.78 is 4.93. The maximum atomic E-state index is 11.6. The van der Waals surface area contributed by atoms with Crippen LogP contribution < -0.4 is 16.2 Å². The fourth-order valence-electron chi connectivity index (χ4n) is 1.67. The van der Waals surface area contributed by atoms with Crippen molar-refractivity contribution >= 4 is 11.8 Å². The Labute approximate surface area is 122 Å². The lowest BCUT2D eigenvalue weighted by atomic mass is 10.2. The van der Waals surface area contributed by atoms with Crippen LogP contribution in [-0.4, -0.2) is 18.4 Å². The van der Waals surface area contributed by atoms with Crippen LogP contribution in [0.5, 0.6) is 0 Å². The minimum Gasteiger partial charge on any atom is -0.459 e. The Bertz CT molecular complexity index is 567. The zero-order valence-corrected chi connectivity index (χ0v) is 11.5. The SMILES string of the molecule is O=C(CCNNC(=O)c1ccco1)NCc1ccccc1. The molecule has 0 atom stereocenters. The van der Waals surface area contributed by atoms with E-state index in [1.165, 1.54) is 6.26 Å². The summed E-state index contributed by atoms with van der Waals surface area (Å²) in [5.74, 6) is -0.237. The van der Waals surface area contributed by atoms with Crippen LogP contribution in [0.25, 0.3) is 0 Å². The number of nitrogens with one attached hydrogen (secondary N) is 3. The van der Waals surface area contributed by atoms with Gasteiger partial charge in [0, 0.05) is 19.5 Å². The summed E-state index contributed by atoms with van der Waals surface area (Å²) in [5.41, 5.74) is 6.18. The Morgan fingerprint density at radius 2 is 1.86 bits per heavy atom. The van der Waals surface area contributed by atoms with E-state index in [9.17, 15) is 9.59 Å². The van der Waals surface area contributed by atoms with Crippen molar-refractivity contribution in [3.8, 4) is 0 Å². The van der Waals surface area contributed by atoms with Gasteiger partial charge in [-0.15, -0.1) is 0 Å². The number of furan rings is 1. The molecule has 110 valence electrons. The van der Waals surface area contributed by atoms with Crippen molar-refractivity contribution in [3.63, 3.8) is 0 Å². The molecular weight excluding hydrogens is 270 g/mol. The summed E-state index contributed by atoms with van der Waals surface area (Å²) in [5, 5.41) is 2.80. The van der Waals surface area contributed by atoms with Gasteiger partial charge in [0.1, 0.15) is 0 Å². The van der Waals surface area contributed by atoms with Crippen molar-refractivity contribution in [2.75, 3.05) is 6.54 Å². The predicted octanol–water partition coefficient (Wildman–Crippen LogP) is 1.22. The van der Waals surface area contributed by atoms with Crippen molar-refractivity contribution in [3.05, 3.63) is 60.1 Å². The number of hydrogen-bond donors (Lipinski definition) is 3. The molecule has 6 nitrogen and oxygen atoms in total. The molecule has 21 heavy (non-hydrogen) atoms. The van der Waals surface area contributed by atoms with E-state index < -0.39 is 0 Å². The van der Waals surface area contributed by atoms with Crippen LogP contribution in [0.4, 0.5) is 0 Å². The largest absolute Gasteiger partial charge is 0.459 e. The average molecular weight is 287 g/mol. The predicted molar refractivity (Wildman–Crippen MR) is 77.1 cm³/mol. The quantitative estimate of drug-likeness (QED) is 0.528. The van der Waals surface area contributed by atoms with Gasteiger partial charge in [0.15, 0.2) is 5.76 Å². The molecule has 3 N–H and O–H groups in total. The molecule has 0 unspecified atom stereocenters. The number of carbonyl (C=O) groups is 2. The minimum atomic E-state index is -0.371. The average Bonchev–Trinajstić information content (AvgIpc) is 3.05. The molecule has 0 saturated carbocycles. The monoisotopic (exact) mass is 287 g/mol. The normalized spacial score (nSPS) is 10.1. The summed E-state index contributed by atoms with van der Waals surface area (Å²) in [7, 11) is 0. The van der Waals surface area contributed by atoms with Gasteiger partial charge >= 0.3 is 5.91 Å². The number of carbonyl (C=O) groups excluding carboxylic acids is 2. The Kier molecular flexibility index (Phi) is 5.54. The lowest BCUT2D eigenvalue weighted by Gasteiger charge is -2.07. The second-order valence-corrected chi connectivity index (χ2v) is 4.37. The molecule has 2 rings (SSSR count). The van der Waals surface area contributed by atoms with E-state index in [-0.39, 0.29) is 24.0 Å². The van der Waals surface area contributed by atoms with Gasteiger partial charge in [0.25, 0.3) is 0 Å². The van der Waals surface area contributed by atoms with Gasteiger partial charge in [-0.05, 0) is 17.7 Å². The lowest BCUT2D eigenvalue weighted by molar-refractivity contribution is -0.121. The summed E-state index contributed by atoms with van der Waals surface area (Å²) in [6, 6.07) is 12.9. The van der Waals surface area contributed by atoms with Crippen molar-refractivity contribution in [2.24, 2.45) is 0 Å². The highest BCUT2D eigenvalue weighted by Gasteiger charge is 2.07. The molecule has 0 fully saturated rings. The molecule has 1 aromatic heterocycles. The Hall–Kier alpha value is -2.60. The first-order valence-electron chi connectivity index (χ1n) is 6.63. The van der Waals surface area contributed by atoms with Gasteiger partial charge < -0.3 is 9.73 Å². The highest BCUT2D eigenvalue weighted by atomic mass is 16.3. The van der Waals surface area contributed by atoms with Gasteiger partial charge in [-0.2, -0.15) is 0 Å². The number of hydrogen-bond acceptors (Lipinski definition) is 4. The first-order chi connectivity index (χ1) is 10.3. The van der Waals surface area contributed by atoms with Crippen molar-refractivity contribution in [1.29, 1.82) is 0 Å². The smallest absolute Gasteiger partial charge is 0.301 e. The highest BCUT2D eigenvalue weighted by Crippen LogP contribution is 1.98. The Balaban J connectivity index is 1.58. The van der Waals surface area contributed by atoms with Gasteiger partial charge in [-0.25, -0.2) is 5.43 Å². The number of amides is 2. The molecule has 1 aromatic carbocycles.